The highest BCUT2D eigenvalue weighted by Gasteiger charge is 2.19. The molecule has 0 aromatic carbocycles. The van der Waals surface area contributed by atoms with Gasteiger partial charge in [-0.3, -0.25) is 14.4 Å². The molecule has 0 aliphatic rings. The van der Waals surface area contributed by atoms with Gasteiger partial charge in [0.2, 0.25) is 0 Å². The molecule has 0 aromatic rings. The third-order valence-corrected chi connectivity index (χ3v) is 9.58. The molecule has 0 saturated carbocycles. The number of hydrogen-bond donors (Lipinski definition) is 0. The van der Waals surface area contributed by atoms with Crippen molar-refractivity contribution in [2.75, 3.05) is 13.2 Å². The van der Waals surface area contributed by atoms with E-state index in [0.717, 1.165) is 103 Å². The Kier molecular flexibility index (Phi) is 41.0. The highest BCUT2D eigenvalue weighted by Crippen LogP contribution is 2.15. The lowest BCUT2D eigenvalue weighted by atomic mass is 10.0. The average Bonchev–Trinajstić information content (AvgIpc) is 3.17. The van der Waals surface area contributed by atoms with E-state index < -0.39 is 6.10 Å². The lowest BCUT2D eigenvalue weighted by Gasteiger charge is -2.18. The molecule has 0 amide bonds. The number of rotatable bonds is 40. The Morgan fingerprint density at radius 1 is 0.389 bits per heavy atom. The molecule has 0 radical (unpaired) electrons. The van der Waals surface area contributed by atoms with Gasteiger partial charge in [-0.2, -0.15) is 0 Å². The van der Waals surface area contributed by atoms with Crippen LogP contribution < -0.4 is 0 Å². The zero-order valence-corrected chi connectivity index (χ0v) is 35.5. The summed E-state index contributed by atoms with van der Waals surface area (Å²) in [4.78, 5) is 37.6. The van der Waals surface area contributed by atoms with Crippen molar-refractivity contribution < 1.29 is 28.6 Å². The Balaban J connectivity index is 4.36. The molecule has 0 spiro atoms. The second-order valence-corrected chi connectivity index (χ2v) is 14.9. The molecule has 6 nitrogen and oxygen atoms in total. The van der Waals surface area contributed by atoms with Crippen molar-refractivity contribution in [3.05, 3.63) is 48.6 Å². The molecular weight excluding hydrogens is 673 g/mol. The van der Waals surface area contributed by atoms with Crippen LogP contribution in [0, 0.1) is 0 Å². The molecule has 0 aliphatic heterocycles. The minimum Gasteiger partial charge on any atom is -0.462 e. The van der Waals surface area contributed by atoms with Crippen molar-refractivity contribution in [3.8, 4) is 0 Å². The van der Waals surface area contributed by atoms with Gasteiger partial charge in [-0.25, -0.2) is 0 Å². The number of carbonyl (C=O) groups excluding carboxylic acids is 3. The third-order valence-electron chi connectivity index (χ3n) is 9.58. The van der Waals surface area contributed by atoms with Crippen LogP contribution in [-0.4, -0.2) is 37.2 Å². The Labute approximate surface area is 333 Å². The maximum atomic E-state index is 12.7. The van der Waals surface area contributed by atoms with Crippen molar-refractivity contribution in [1.29, 1.82) is 0 Å². The summed E-state index contributed by atoms with van der Waals surface area (Å²) in [5.74, 6) is -0.942. The first-order valence-corrected chi connectivity index (χ1v) is 22.6. The molecule has 0 heterocycles. The summed E-state index contributed by atoms with van der Waals surface area (Å²) < 4.78 is 16.6. The Hall–Kier alpha value is -2.63. The normalized spacial score (nSPS) is 12.4. The van der Waals surface area contributed by atoms with Gasteiger partial charge in [-0.1, -0.05) is 179 Å². The molecule has 0 bridgehead atoms. The van der Waals surface area contributed by atoms with Crippen LogP contribution in [0.3, 0.4) is 0 Å². The van der Waals surface area contributed by atoms with Gasteiger partial charge < -0.3 is 14.2 Å². The summed E-state index contributed by atoms with van der Waals surface area (Å²) in [6.45, 7) is 6.35. The molecule has 6 heteroatoms. The van der Waals surface area contributed by atoms with E-state index >= 15 is 0 Å². The summed E-state index contributed by atoms with van der Waals surface area (Å²) in [6, 6.07) is 0. The highest BCUT2D eigenvalue weighted by molar-refractivity contribution is 5.71. The van der Waals surface area contributed by atoms with Crippen molar-refractivity contribution in [1.82, 2.24) is 0 Å². The van der Waals surface area contributed by atoms with Crippen LogP contribution in [0.4, 0.5) is 0 Å². The molecule has 312 valence electrons. The smallest absolute Gasteiger partial charge is 0.306 e. The van der Waals surface area contributed by atoms with E-state index in [1.807, 2.05) is 0 Å². The molecule has 0 saturated heterocycles. The Bertz CT molecular complexity index is 964. The number of hydrogen-bond acceptors (Lipinski definition) is 6. The van der Waals surface area contributed by atoms with Crippen LogP contribution in [0.5, 0.6) is 0 Å². The van der Waals surface area contributed by atoms with Crippen molar-refractivity contribution in [2.45, 2.75) is 226 Å². The molecule has 0 fully saturated rings. The van der Waals surface area contributed by atoms with E-state index in [2.05, 4.69) is 69.4 Å². The molecule has 0 rings (SSSR count). The van der Waals surface area contributed by atoms with E-state index in [1.54, 1.807) is 0 Å². The molecule has 1 unspecified atom stereocenters. The van der Waals surface area contributed by atoms with Crippen molar-refractivity contribution >= 4 is 17.9 Å². The molecular formula is C48H84O6. The lowest BCUT2D eigenvalue weighted by Crippen LogP contribution is -2.30. The van der Waals surface area contributed by atoms with Gasteiger partial charge >= 0.3 is 17.9 Å². The van der Waals surface area contributed by atoms with Crippen LogP contribution >= 0.6 is 0 Å². The Morgan fingerprint density at radius 3 is 1.15 bits per heavy atom. The number of unbranched alkanes of at least 4 members (excludes halogenated alkanes) is 21. The summed E-state index contributed by atoms with van der Waals surface area (Å²) in [7, 11) is 0. The maximum absolute atomic E-state index is 12.7. The first-order chi connectivity index (χ1) is 26.5. The van der Waals surface area contributed by atoms with E-state index in [1.165, 1.54) is 77.0 Å². The minimum absolute atomic E-state index is 0.0877. The van der Waals surface area contributed by atoms with E-state index in [0.29, 0.717) is 19.3 Å². The van der Waals surface area contributed by atoms with E-state index in [4.69, 9.17) is 14.2 Å². The fraction of sp³-hybridized carbons (Fsp3) is 0.771. The number of ether oxygens (including phenoxy) is 3. The van der Waals surface area contributed by atoms with Gasteiger partial charge in [0.05, 0.1) is 0 Å². The predicted octanol–water partition coefficient (Wildman–Crippen LogP) is 14.4. The second-order valence-electron chi connectivity index (χ2n) is 14.9. The standard InChI is InChI=1S/C48H84O6/c1-4-7-10-13-16-19-21-23-24-25-27-29-32-35-38-41-47(50)53-44-45(43-52-46(49)40-37-34-31-28-18-15-12-9-6-3)54-48(51)42-39-36-33-30-26-22-20-17-14-11-8-5-2/h8-9,11-12,17-18,20,28,45H,4-7,10,13-16,19,21-27,29-44H2,1-3H3/b11-8-,12-9-,20-17-,28-18-. The molecule has 0 aliphatic carbocycles. The second kappa shape index (κ2) is 43.1. The van der Waals surface area contributed by atoms with Gasteiger partial charge in [0, 0.05) is 19.3 Å². The quantitative estimate of drug-likeness (QED) is 0.0268. The van der Waals surface area contributed by atoms with E-state index in [9.17, 15) is 14.4 Å². The summed E-state index contributed by atoms with van der Waals surface area (Å²) in [5, 5.41) is 0. The van der Waals surface area contributed by atoms with Crippen LogP contribution in [0.25, 0.3) is 0 Å². The highest BCUT2D eigenvalue weighted by atomic mass is 16.6. The molecule has 54 heavy (non-hydrogen) atoms. The van der Waals surface area contributed by atoms with Crippen LogP contribution in [-0.2, 0) is 28.6 Å². The van der Waals surface area contributed by atoms with Gasteiger partial charge in [0.1, 0.15) is 13.2 Å². The Morgan fingerprint density at radius 2 is 0.722 bits per heavy atom. The summed E-state index contributed by atoms with van der Waals surface area (Å²) in [5.41, 5.74) is 0. The lowest BCUT2D eigenvalue weighted by molar-refractivity contribution is -0.167. The zero-order chi connectivity index (χ0) is 39.4. The number of esters is 3. The van der Waals surface area contributed by atoms with Gasteiger partial charge in [0.15, 0.2) is 6.10 Å². The predicted molar refractivity (Wildman–Crippen MR) is 229 cm³/mol. The third kappa shape index (κ3) is 40.6. The largest absolute Gasteiger partial charge is 0.462 e. The monoisotopic (exact) mass is 757 g/mol. The van der Waals surface area contributed by atoms with Crippen molar-refractivity contribution in [2.24, 2.45) is 0 Å². The molecule has 0 aromatic heterocycles. The average molecular weight is 757 g/mol. The van der Waals surface area contributed by atoms with Gasteiger partial charge in [-0.15, -0.1) is 0 Å². The zero-order valence-electron chi connectivity index (χ0n) is 35.5. The van der Waals surface area contributed by atoms with Gasteiger partial charge in [-0.05, 0) is 70.6 Å². The number of carbonyl (C=O) groups is 3. The molecule has 1 atom stereocenters. The van der Waals surface area contributed by atoms with Crippen LogP contribution in [0.1, 0.15) is 220 Å². The fourth-order valence-corrected chi connectivity index (χ4v) is 6.22. The first-order valence-electron chi connectivity index (χ1n) is 22.6. The SMILES string of the molecule is CC/C=C\C/C=C\CCCCCCCC(=O)OC(COC(=O)CCCC/C=C\C/C=C\CC)COC(=O)CCCCCCCCCCCCCCCCC. The van der Waals surface area contributed by atoms with Crippen LogP contribution in [0.2, 0.25) is 0 Å². The molecule has 0 N–H and O–H groups in total. The maximum Gasteiger partial charge on any atom is 0.306 e. The summed E-state index contributed by atoms with van der Waals surface area (Å²) in [6.07, 6.45) is 49.6. The van der Waals surface area contributed by atoms with Gasteiger partial charge in [0.25, 0.3) is 0 Å². The number of allylic oxidation sites excluding steroid dienone is 8. The summed E-state index contributed by atoms with van der Waals surface area (Å²) >= 11 is 0. The van der Waals surface area contributed by atoms with E-state index in [-0.39, 0.29) is 31.1 Å². The van der Waals surface area contributed by atoms with Crippen molar-refractivity contribution in [3.63, 3.8) is 0 Å². The van der Waals surface area contributed by atoms with Crippen LogP contribution in [0.15, 0.2) is 48.6 Å². The topological polar surface area (TPSA) is 78.9 Å². The minimum atomic E-state index is -0.787. The fourth-order valence-electron chi connectivity index (χ4n) is 6.22. The first kappa shape index (κ1) is 51.4.